The summed E-state index contributed by atoms with van der Waals surface area (Å²) in [6.07, 6.45) is 6.25. The molecule has 0 saturated carbocycles. The molecule has 0 N–H and O–H groups in total. The van der Waals surface area contributed by atoms with Crippen LogP contribution in [-0.4, -0.2) is 33.4 Å². The fraction of sp³-hybridized carbons (Fsp3) is 0.286. The Bertz CT molecular complexity index is 1060. The third kappa shape index (κ3) is 3.30. The summed E-state index contributed by atoms with van der Waals surface area (Å²) in [5.74, 6) is 0.824. The first-order valence-electron chi connectivity index (χ1n) is 9.18. The first-order chi connectivity index (χ1) is 13.1. The van der Waals surface area contributed by atoms with Crippen LogP contribution >= 0.6 is 0 Å². The van der Waals surface area contributed by atoms with Crippen LogP contribution in [0.15, 0.2) is 51.9 Å². The van der Waals surface area contributed by atoms with Gasteiger partial charge in [0.05, 0.1) is 17.2 Å². The highest BCUT2D eigenvalue weighted by molar-refractivity contribution is 6.18. The topological polar surface area (TPSA) is 68.3 Å². The van der Waals surface area contributed by atoms with Gasteiger partial charge in [0.15, 0.2) is 0 Å². The van der Waals surface area contributed by atoms with Gasteiger partial charge in [-0.2, -0.15) is 0 Å². The molecule has 6 heteroatoms. The highest BCUT2D eigenvalue weighted by Crippen LogP contribution is 2.20. The summed E-state index contributed by atoms with van der Waals surface area (Å²) in [6.45, 7) is 3.14. The van der Waals surface area contributed by atoms with E-state index in [4.69, 9.17) is 4.42 Å². The minimum atomic E-state index is -0.249. The summed E-state index contributed by atoms with van der Waals surface area (Å²) in [7, 11) is 0. The Hall–Kier alpha value is -3.15. The number of likely N-dealkylation sites (tertiary alicyclic amines) is 1. The van der Waals surface area contributed by atoms with Crippen LogP contribution in [0.1, 0.15) is 30.8 Å². The average Bonchev–Trinajstić information content (AvgIpc) is 3.20. The van der Waals surface area contributed by atoms with Crippen molar-refractivity contribution in [3.05, 3.63) is 64.6 Å². The Morgan fingerprint density at radius 2 is 1.89 bits per heavy atom. The molecule has 1 aromatic carbocycles. The van der Waals surface area contributed by atoms with Crippen LogP contribution in [0.5, 0.6) is 0 Å². The first kappa shape index (κ1) is 17.3. The normalized spacial score (nSPS) is 15.3. The molecule has 2 aromatic heterocycles. The Labute approximate surface area is 156 Å². The number of hydrogen-bond donors (Lipinski definition) is 0. The summed E-state index contributed by atoms with van der Waals surface area (Å²) in [4.78, 5) is 32.8. The van der Waals surface area contributed by atoms with Crippen molar-refractivity contribution in [3.8, 4) is 0 Å². The van der Waals surface area contributed by atoms with Crippen LogP contribution in [0.3, 0.4) is 0 Å². The molecular weight excluding hydrogens is 342 g/mol. The van der Waals surface area contributed by atoms with Crippen molar-refractivity contribution in [2.24, 2.45) is 0 Å². The number of hydrogen-bond acceptors (Lipinski definition) is 4. The second-order valence-electron chi connectivity index (χ2n) is 6.71. The smallest absolute Gasteiger partial charge is 0.271 e. The molecule has 1 saturated heterocycles. The first-order valence-corrected chi connectivity index (χ1v) is 9.18. The van der Waals surface area contributed by atoms with Crippen LogP contribution in [-0.2, 0) is 4.79 Å². The molecule has 1 aliphatic heterocycles. The molecule has 0 radical (unpaired) electrons. The third-order valence-corrected chi connectivity index (χ3v) is 4.87. The predicted octanol–water partition coefficient (Wildman–Crippen LogP) is 3.31. The van der Waals surface area contributed by atoms with Crippen molar-refractivity contribution in [1.82, 2.24) is 14.5 Å². The van der Waals surface area contributed by atoms with Crippen LogP contribution in [0.2, 0.25) is 0 Å². The second kappa shape index (κ2) is 7.23. The van der Waals surface area contributed by atoms with Crippen molar-refractivity contribution in [1.29, 1.82) is 0 Å². The van der Waals surface area contributed by atoms with E-state index in [1.807, 2.05) is 6.07 Å². The molecule has 27 heavy (non-hydrogen) atoms. The van der Waals surface area contributed by atoms with E-state index in [0.717, 1.165) is 19.3 Å². The molecule has 0 unspecified atom stereocenters. The number of para-hydroxylation sites is 1. The standard InChI is InChI=1S/C21H21N3O3/c1-15-22-18-10-4-3-9-17(18)20(25)24(15)19(14-16-8-7-13-27-16)21(26)23-11-5-2-6-12-23/h3-4,7-10,13-14H,2,5-6,11-12H2,1H3/b19-14+. The molecule has 1 fully saturated rings. The van der Waals surface area contributed by atoms with E-state index in [-0.39, 0.29) is 17.2 Å². The number of nitrogens with zero attached hydrogens (tertiary/aromatic N) is 3. The molecule has 4 rings (SSSR count). The van der Waals surface area contributed by atoms with Crippen molar-refractivity contribution in [3.63, 3.8) is 0 Å². The van der Waals surface area contributed by atoms with E-state index < -0.39 is 0 Å². The number of benzene rings is 1. The van der Waals surface area contributed by atoms with Gasteiger partial charge < -0.3 is 9.32 Å². The number of aromatic nitrogens is 2. The third-order valence-electron chi connectivity index (χ3n) is 4.87. The summed E-state index contributed by atoms with van der Waals surface area (Å²) in [5, 5.41) is 0.486. The maximum absolute atomic E-state index is 13.3. The van der Waals surface area contributed by atoms with Crippen LogP contribution in [0, 0.1) is 6.92 Å². The highest BCUT2D eigenvalue weighted by atomic mass is 16.3. The number of aryl methyl sites for hydroxylation is 1. The SMILES string of the molecule is Cc1nc2ccccc2c(=O)n1/C(=C/c1ccco1)C(=O)N1CCCCC1. The lowest BCUT2D eigenvalue weighted by Gasteiger charge is -2.28. The highest BCUT2D eigenvalue weighted by Gasteiger charge is 2.24. The van der Waals surface area contributed by atoms with E-state index in [2.05, 4.69) is 4.98 Å². The van der Waals surface area contributed by atoms with Crippen LogP contribution in [0.25, 0.3) is 22.7 Å². The molecule has 3 aromatic rings. The Balaban J connectivity index is 1.90. The fourth-order valence-electron chi connectivity index (χ4n) is 3.52. The zero-order chi connectivity index (χ0) is 18.8. The van der Waals surface area contributed by atoms with Gasteiger partial charge in [0.2, 0.25) is 0 Å². The van der Waals surface area contributed by atoms with Gasteiger partial charge >= 0.3 is 0 Å². The molecule has 0 atom stereocenters. The number of carbonyl (C=O) groups is 1. The van der Waals surface area contributed by atoms with Gasteiger partial charge in [-0.05, 0) is 50.5 Å². The van der Waals surface area contributed by atoms with E-state index in [9.17, 15) is 9.59 Å². The summed E-state index contributed by atoms with van der Waals surface area (Å²) in [6, 6.07) is 10.7. The number of piperidine rings is 1. The lowest BCUT2D eigenvalue weighted by molar-refractivity contribution is -0.126. The Morgan fingerprint density at radius 3 is 2.63 bits per heavy atom. The minimum Gasteiger partial charge on any atom is -0.465 e. The number of fused-ring (bicyclic) bond motifs is 1. The van der Waals surface area contributed by atoms with Gasteiger partial charge in [0.1, 0.15) is 17.3 Å². The van der Waals surface area contributed by atoms with Crippen molar-refractivity contribution >= 4 is 28.6 Å². The van der Waals surface area contributed by atoms with Crippen molar-refractivity contribution in [2.75, 3.05) is 13.1 Å². The number of amides is 1. The summed E-state index contributed by atoms with van der Waals surface area (Å²) < 4.78 is 6.81. The van der Waals surface area contributed by atoms with E-state index in [0.29, 0.717) is 35.6 Å². The zero-order valence-electron chi connectivity index (χ0n) is 15.2. The average molecular weight is 363 g/mol. The Morgan fingerprint density at radius 1 is 1.11 bits per heavy atom. The molecule has 0 aliphatic carbocycles. The molecule has 0 bridgehead atoms. The Kier molecular flexibility index (Phi) is 4.62. The quantitative estimate of drug-likeness (QED) is 0.670. The largest absolute Gasteiger partial charge is 0.465 e. The monoisotopic (exact) mass is 363 g/mol. The molecule has 0 spiro atoms. The molecule has 1 aliphatic rings. The molecule has 138 valence electrons. The number of furan rings is 1. The maximum Gasteiger partial charge on any atom is 0.271 e. The number of carbonyl (C=O) groups excluding carboxylic acids is 1. The van der Waals surface area contributed by atoms with Gasteiger partial charge in [0, 0.05) is 19.2 Å². The van der Waals surface area contributed by atoms with Gasteiger partial charge in [-0.25, -0.2) is 4.98 Å². The fourth-order valence-corrected chi connectivity index (χ4v) is 3.52. The van der Waals surface area contributed by atoms with Crippen LogP contribution in [0.4, 0.5) is 0 Å². The molecular formula is C21H21N3O3. The minimum absolute atomic E-state index is 0.173. The lowest BCUT2D eigenvalue weighted by atomic mass is 10.1. The van der Waals surface area contributed by atoms with Crippen molar-refractivity contribution in [2.45, 2.75) is 26.2 Å². The maximum atomic E-state index is 13.3. The lowest BCUT2D eigenvalue weighted by Crippen LogP contribution is -2.39. The summed E-state index contributed by atoms with van der Waals surface area (Å²) >= 11 is 0. The van der Waals surface area contributed by atoms with E-state index >= 15 is 0 Å². The van der Waals surface area contributed by atoms with E-state index in [1.54, 1.807) is 54.5 Å². The van der Waals surface area contributed by atoms with Gasteiger partial charge in [-0.1, -0.05) is 12.1 Å². The molecule has 3 heterocycles. The predicted molar refractivity (Wildman–Crippen MR) is 104 cm³/mol. The second-order valence-corrected chi connectivity index (χ2v) is 6.71. The summed E-state index contributed by atoms with van der Waals surface area (Å²) in [5.41, 5.74) is 0.646. The van der Waals surface area contributed by atoms with Crippen molar-refractivity contribution < 1.29 is 9.21 Å². The van der Waals surface area contributed by atoms with Crippen LogP contribution < -0.4 is 5.56 Å². The zero-order valence-corrected chi connectivity index (χ0v) is 15.2. The molecule has 1 amide bonds. The van der Waals surface area contributed by atoms with E-state index in [1.165, 1.54) is 4.57 Å². The van der Waals surface area contributed by atoms with Gasteiger partial charge in [-0.15, -0.1) is 0 Å². The number of rotatable bonds is 3. The molecule has 6 nitrogen and oxygen atoms in total. The van der Waals surface area contributed by atoms with Gasteiger partial charge in [0.25, 0.3) is 11.5 Å². The van der Waals surface area contributed by atoms with Gasteiger partial charge in [-0.3, -0.25) is 14.2 Å².